The highest BCUT2D eigenvalue weighted by Crippen LogP contribution is 2.35. The van der Waals surface area contributed by atoms with Crippen LogP contribution in [0.5, 0.6) is 5.75 Å². The Morgan fingerprint density at radius 2 is 2.06 bits per heavy atom. The second-order valence-corrected chi connectivity index (χ2v) is 8.41. The minimum atomic E-state index is -0.795. The van der Waals surface area contributed by atoms with Crippen LogP contribution in [0.25, 0.3) is 22.3 Å². The van der Waals surface area contributed by atoms with E-state index < -0.39 is 17.4 Å². The predicted octanol–water partition coefficient (Wildman–Crippen LogP) is 2.36. The molecule has 180 valence electrons. The molecule has 3 aromatic rings. The molecular formula is C23H27F2N7O2. The van der Waals surface area contributed by atoms with Gasteiger partial charge in [-0.25, -0.2) is 13.8 Å². The maximum Gasteiger partial charge on any atom is 0.226 e. The van der Waals surface area contributed by atoms with Crippen LogP contribution in [-0.4, -0.2) is 77.2 Å². The number of rotatable bonds is 6. The SMILES string of the molecule is C[C@@H]1CNCCN1c1nc(NCCC(=O)N(C)C)nc2nc(-c3c(O)cccc3F)c(F)cc12. The summed E-state index contributed by atoms with van der Waals surface area (Å²) in [6.45, 7) is 4.42. The van der Waals surface area contributed by atoms with Crippen molar-refractivity contribution in [2.75, 3.05) is 50.5 Å². The van der Waals surface area contributed by atoms with Gasteiger partial charge >= 0.3 is 0 Å². The monoisotopic (exact) mass is 471 g/mol. The third-order valence-corrected chi connectivity index (χ3v) is 5.74. The molecule has 0 aliphatic carbocycles. The summed E-state index contributed by atoms with van der Waals surface area (Å²) in [5, 5.41) is 16.9. The van der Waals surface area contributed by atoms with Gasteiger partial charge in [-0.1, -0.05) is 6.07 Å². The highest BCUT2D eigenvalue weighted by molar-refractivity contribution is 5.90. The molecular weight excluding hydrogens is 444 g/mol. The molecule has 2 aromatic heterocycles. The van der Waals surface area contributed by atoms with Gasteiger partial charge in [0, 0.05) is 52.7 Å². The average molecular weight is 472 g/mol. The van der Waals surface area contributed by atoms with E-state index in [-0.39, 0.29) is 41.2 Å². The van der Waals surface area contributed by atoms with Crippen molar-refractivity contribution < 1.29 is 18.7 Å². The Morgan fingerprint density at radius 3 is 2.76 bits per heavy atom. The third kappa shape index (κ3) is 4.69. The van der Waals surface area contributed by atoms with Crippen molar-refractivity contribution in [3.8, 4) is 17.0 Å². The van der Waals surface area contributed by atoms with Crippen LogP contribution in [0.1, 0.15) is 13.3 Å². The van der Waals surface area contributed by atoms with Crippen LogP contribution < -0.4 is 15.5 Å². The minimum Gasteiger partial charge on any atom is -0.507 e. The van der Waals surface area contributed by atoms with Crippen LogP contribution >= 0.6 is 0 Å². The number of aromatic hydroxyl groups is 1. The summed E-state index contributed by atoms with van der Waals surface area (Å²) in [6, 6.07) is 5.03. The van der Waals surface area contributed by atoms with Gasteiger partial charge in [0.25, 0.3) is 0 Å². The molecule has 1 saturated heterocycles. The van der Waals surface area contributed by atoms with Gasteiger partial charge in [-0.15, -0.1) is 0 Å². The first-order valence-electron chi connectivity index (χ1n) is 11.0. The molecule has 1 amide bonds. The molecule has 1 fully saturated rings. The Hall–Kier alpha value is -3.60. The lowest BCUT2D eigenvalue weighted by atomic mass is 10.1. The zero-order valence-corrected chi connectivity index (χ0v) is 19.3. The van der Waals surface area contributed by atoms with Gasteiger partial charge in [-0.2, -0.15) is 9.97 Å². The topological polar surface area (TPSA) is 107 Å². The first-order valence-corrected chi connectivity index (χ1v) is 11.0. The fourth-order valence-electron chi connectivity index (χ4n) is 3.90. The normalized spacial score (nSPS) is 16.0. The molecule has 1 atom stereocenters. The number of phenolic OH excluding ortho intramolecular Hbond substituents is 1. The van der Waals surface area contributed by atoms with Crippen LogP contribution in [-0.2, 0) is 4.79 Å². The molecule has 3 heterocycles. The number of nitrogens with zero attached hydrogens (tertiary/aromatic N) is 5. The lowest BCUT2D eigenvalue weighted by Crippen LogP contribution is -2.50. The number of hydrogen-bond acceptors (Lipinski definition) is 8. The van der Waals surface area contributed by atoms with Crippen molar-refractivity contribution >= 4 is 28.7 Å². The summed E-state index contributed by atoms with van der Waals surface area (Å²) >= 11 is 0. The number of halogens is 2. The number of nitrogens with one attached hydrogen (secondary N) is 2. The Labute approximate surface area is 195 Å². The van der Waals surface area contributed by atoms with Gasteiger partial charge in [0.2, 0.25) is 11.9 Å². The number of phenols is 1. The van der Waals surface area contributed by atoms with Crippen molar-refractivity contribution in [2.24, 2.45) is 0 Å². The van der Waals surface area contributed by atoms with Crippen LogP contribution in [0.4, 0.5) is 20.5 Å². The van der Waals surface area contributed by atoms with E-state index in [9.17, 15) is 14.3 Å². The fraction of sp³-hybridized carbons (Fsp3) is 0.391. The number of carbonyl (C=O) groups excluding carboxylic acids is 1. The van der Waals surface area contributed by atoms with Crippen molar-refractivity contribution in [2.45, 2.75) is 19.4 Å². The van der Waals surface area contributed by atoms with Gasteiger partial charge < -0.3 is 25.5 Å². The number of aromatic nitrogens is 3. The molecule has 9 nitrogen and oxygen atoms in total. The molecule has 4 rings (SSSR count). The minimum absolute atomic E-state index is 0.0539. The number of fused-ring (bicyclic) bond motifs is 1. The molecule has 1 aliphatic heterocycles. The number of piperazine rings is 1. The Morgan fingerprint density at radius 1 is 1.26 bits per heavy atom. The standard InChI is InChI=1S/C23H27F2N7O2/c1-13-12-26-9-10-32(13)22-14-11-16(25)20(19-15(24)5-4-6-17(19)33)28-21(14)29-23(30-22)27-8-7-18(34)31(2)3/h4-6,11,13,26,33H,7-10,12H2,1-3H3,(H,27,28,29,30)/t13-/m1/s1. The Balaban J connectivity index is 1.81. The maximum atomic E-state index is 15.2. The van der Waals surface area contributed by atoms with Gasteiger partial charge in [0.05, 0.1) is 10.9 Å². The summed E-state index contributed by atoms with van der Waals surface area (Å²) in [5.41, 5.74) is -0.519. The van der Waals surface area contributed by atoms with Gasteiger partial charge in [0.15, 0.2) is 11.5 Å². The summed E-state index contributed by atoms with van der Waals surface area (Å²) in [5.74, 6) is -1.34. The molecule has 1 aromatic carbocycles. The lowest BCUT2D eigenvalue weighted by molar-refractivity contribution is -0.128. The van der Waals surface area contributed by atoms with Crippen molar-refractivity contribution in [1.82, 2.24) is 25.2 Å². The zero-order valence-electron chi connectivity index (χ0n) is 19.3. The highest BCUT2D eigenvalue weighted by Gasteiger charge is 2.25. The first kappa shape index (κ1) is 23.6. The molecule has 0 spiro atoms. The first-order chi connectivity index (χ1) is 16.3. The quantitative estimate of drug-likeness (QED) is 0.503. The van der Waals surface area contributed by atoms with E-state index in [1.165, 1.54) is 23.1 Å². The van der Waals surface area contributed by atoms with Crippen LogP contribution in [0.15, 0.2) is 24.3 Å². The largest absolute Gasteiger partial charge is 0.507 e. The van der Waals surface area contributed by atoms with Crippen LogP contribution in [0.2, 0.25) is 0 Å². The molecule has 34 heavy (non-hydrogen) atoms. The second-order valence-electron chi connectivity index (χ2n) is 8.41. The van der Waals surface area contributed by atoms with Gasteiger partial charge in [-0.3, -0.25) is 4.79 Å². The van der Waals surface area contributed by atoms with E-state index in [1.54, 1.807) is 14.1 Å². The van der Waals surface area contributed by atoms with Gasteiger partial charge in [0.1, 0.15) is 23.1 Å². The molecule has 11 heteroatoms. The molecule has 3 N–H and O–H groups in total. The van der Waals surface area contributed by atoms with E-state index in [0.717, 1.165) is 19.2 Å². The molecule has 0 unspecified atom stereocenters. The molecule has 1 aliphatic rings. The molecule has 0 bridgehead atoms. The summed E-state index contributed by atoms with van der Waals surface area (Å²) < 4.78 is 29.7. The Bertz CT molecular complexity index is 1200. The Kier molecular flexibility index (Phi) is 6.73. The highest BCUT2D eigenvalue weighted by atomic mass is 19.1. The zero-order chi connectivity index (χ0) is 24.4. The van der Waals surface area contributed by atoms with E-state index in [0.29, 0.717) is 24.3 Å². The number of benzene rings is 1. The number of amides is 1. The predicted molar refractivity (Wildman–Crippen MR) is 126 cm³/mol. The third-order valence-electron chi connectivity index (χ3n) is 5.74. The number of pyridine rings is 1. The smallest absolute Gasteiger partial charge is 0.226 e. The summed E-state index contributed by atoms with van der Waals surface area (Å²) in [7, 11) is 3.35. The number of hydrogen-bond donors (Lipinski definition) is 3. The molecule has 0 saturated carbocycles. The van der Waals surface area contributed by atoms with Crippen molar-refractivity contribution in [1.29, 1.82) is 0 Å². The number of carbonyl (C=O) groups is 1. The van der Waals surface area contributed by atoms with Gasteiger partial charge in [-0.05, 0) is 25.1 Å². The van der Waals surface area contributed by atoms with Crippen LogP contribution in [0, 0.1) is 11.6 Å². The van der Waals surface area contributed by atoms with E-state index in [4.69, 9.17) is 0 Å². The van der Waals surface area contributed by atoms with Crippen molar-refractivity contribution in [3.05, 3.63) is 35.9 Å². The van der Waals surface area contributed by atoms with E-state index >= 15 is 4.39 Å². The van der Waals surface area contributed by atoms with Crippen LogP contribution in [0.3, 0.4) is 0 Å². The van der Waals surface area contributed by atoms with E-state index in [1.807, 2.05) is 11.8 Å². The maximum absolute atomic E-state index is 15.2. The second kappa shape index (κ2) is 9.72. The number of anilines is 2. The summed E-state index contributed by atoms with van der Waals surface area (Å²) in [4.78, 5) is 28.8. The van der Waals surface area contributed by atoms with Crippen molar-refractivity contribution in [3.63, 3.8) is 0 Å². The fourth-order valence-corrected chi connectivity index (χ4v) is 3.90. The lowest BCUT2D eigenvalue weighted by Gasteiger charge is -2.35. The van der Waals surface area contributed by atoms with E-state index in [2.05, 4.69) is 25.6 Å². The average Bonchev–Trinajstić information content (AvgIpc) is 2.79. The summed E-state index contributed by atoms with van der Waals surface area (Å²) in [6.07, 6.45) is 0.235. The molecule has 0 radical (unpaired) electrons.